The second-order valence-corrected chi connectivity index (χ2v) is 10.5. The average molecular weight is 486 g/mol. The Morgan fingerprint density at radius 2 is 1.85 bits per heavy atom. The topological polar surface area (TPSA) is 81.7 Å². The lowest BCUT2D eigenvalue weighted by Gasteiger charge is -2.17. The van der Waals surface area contributed by atoms with Crippen LogP contribution in [0.3, 0.4) is 0 Å². The molecule has 0 bridgehead atoms. The van der Waals surface area contributed by atoms with E-state index in [1.54, 1.807) is 55.5 Å². The maximum Gasteiger partial charge on any atom is 0.260 e. The number of sulfone groups is 1. The molecule has 0 spiro atoms. The van der Waals surface area contributed by atoms with Crippen LogP contribution in [0.5, 0.6) is 11.5 Å². The molecule has 0 fully saturated rings. The van der Waals surface area contributed by atoms with Crippen LogP contribution in [-0.4, -0.2) is 39.3 Å². The monoisotopic (exact) mass is 485 g/mol. The zero-order valence-corrected chi connectivity index (χ0v) is 19.8. The molecule has 2 atom stereocenters. The van der Waals surface area contributed by atoms with Crippen molar-refractivity contribution in [2.24, 2.45) is 0 Å². The number of fused-ring (bicyclic) bond motifs is 1. The fourth-order valence-corrected chi connectivity index (χ4v) is 4.48. The number of hydrogen-bond donors (Lipinski definition) is 1. The highest BCUT2D eigenvalue weighted by atomic mass is 35.5. The molecule has 1 heterocycles. The van der Waals surface area contributed by atoms with Gasteiger partial charge in [0.25, 0.3) is 5.91 Å². The molecule has 0 saturated carbocycles. The summed E-state index contributed by atoms with van der Waals surface area (Å²) in [7, 11) is -3.23. The molecule has 1 amide bonds. The highest BCUT2D eigenvalue weighted by Crippen LogP contribution is 2.33. The Morgan fingerprint density at radius 3 is 2.55 bits per heavy atom. The fraction of sp³-hybridized carbons (Fsp3) is 0.240. The first-order valence-corrected chi connectivity index (χ1v) is 12.8. The van der Waals surface area contributed by atoms with Crippen molar-refractivity contribution in [3.63, 3.8) is 0 Å². The predicted octanol–water partition coefficient (Wildman–Crippen LogP) is 4.30. The van der Waals surface area contributed by atoms with E-state index < -0.39 is 15.9 Å². The summed E-state index contributed by atoms with van der Waals surface area (Å²) in [6.45, 7) is 2.04. The number of rotatable bonds is 7. The van der Waals surface area contributed by atoms with Crippen LogP contribution in [0.2, 0.25) is 5.02 Å². The smallest absolute Gasteiger partial charge is 0.260 e. The first-order valence-electron chi connectivity index (χ1n) is 10.5. The fourth-order valence-electron chi connectivity index (χ4n) is 3.66. The van der Waals surface area contributed by atoms with Gasteiger partial charge in [0.1, 0.15) is 17.6 Å². The number of carbonyl (C=O) groups excluding carboxylic acids is 1. The minimum atomic E-state index is -3.23. The third-order valence-corrected chi connectivity index (χ3v) is 6.76. The number of nitrogens with one attached hydrogen (secondary N) is 1. The molecule has 3 aromatic carbocycles. The Bertz CT molecular complexity index is 1270. The van der Waals surface area contributed by atoms with Crippen LogP contribution in [0.25, 0.3) is 11.1 Å². The second-order valence-electron chi connectivity index (χ2n) is 8.03. The molecule has 172 valence electrons. The summed E-state index contributed by atoms with van der Waals surface area (Å²) in [6.07, 6.45) is 1.01. The minimum absolute atomic E-state index is 0.176. The van der Waals surface area contributed by atoms with Crippen LogP contribution >= 0.6 is 11.6 Å². The van der Waals surface area contributed by atoms with E-state index in [2.05, 4.69) is 5.32 Å². The van der Waals surface area contributed by atoms with Gasteiger partial charge in [0.2, 0.25) is 0 Å². The predicted molar refractivity (Wildman–Crippen MR) is 128 cm³/mol. The van der Waals surface area contributed by atoms with Crippen molar-refractivity contribution in [3.05, 3.63) is 77.3 Å². The van der Waals surface area contributed by atoms with E-state index >= 15 is 0 Å². The number of carbonyl (C=O) groups is 1. The van der Waals surface area contributed by atoms with Crippen molar-refractivity contribution in [1.29, 1.82) is 0 Å². The van der Waals surface area contributed by atoms with Crippen LogP contribution in [0.1, 0.15) is 12.5 Å². The van der Waals surface area contributed by atoms with E-state index in [4.69, 9.17) is 21.1 Å². The molecule has 3 aromatic rings. The summed E-state index contributed by atoms with van der Waals surface area (Å²) in [6, 6.07) is 19.6. The maximum atomic E-state index is 12.4. The third-order valence-electron chi connectivity index (χ3n) is 5.40. The number of amides is 1. The molecule has 0 aromatic heterocycles. The molecule has 0 saturated heterocycles. The molecule has 0 radical (unpaired) electrons. The van der Waals surface area contributed by atoms with Gasteiger partial charge < -0.3 is 14.8 Å². The van der Waals surface area contributed by atoms with E-state index in [0.717, 1.165) is 22.4 Å². The molecule has 0 aliphatic carbocycles. The number of hydrogen-bond acceptors (Lipinski definition) is 5. The largest absolute Gasteiger partial charge is 0.488 e. The van der Waals surface area contributed by atoms with Gasteiger partial charge in [0.05, 0.1) is 11.4 Å². The molecule has 6 nitrogen and oxygen atoms in total. The van der Waals surface area contributed by atoms with E-state index in [0.29, 0.717) is 28.6 Å². The van der Waals surface area contributed by atoms with Crippen LogP contribution in [0.4, 0.5) is 0 Å². The highest BCUT2D eigenvalue weighted by Gasteiger charge is 2.25. The lowest BCUT2D eigenvalue weighted by molar-refractivity contribution is -0.127. The Hall–Kier alpha value is -3.03. The number of halogens is 1. The number of ether oxygens (including phenoxy) is 2. The van der Waals surface area contributed by atoms with Gasteiger partial charge in [-0.2, -0.15) is 0 Å². The molecule has 0 unspecified atom stereocenters. The summed E-state index contributed by atoms with van der Waals surface area (Å²) in [5.41, 5.74) is 2.95. The highest BCUT2D eigenvalue weighted by molar-refractivity contribution is 7.90. The van der Waals surface area contributed by atoms with Crippen LogP contribution in [-0.2, 0) is 21.1 Å². The third kappa shape index (κ3) is 5.67. The van der Waals surface area contributed by atoms with Gasteiger partial charge in [-0.05, 0) is 66.1 Å². The summed E-state index contributed by atoms with van der Waals surface area (Å²) in [5, 5.41) is 3.43. The van der Waals surface area contributed by atoms with Gasteiger partial charge in [-0.1, -0.05) is 35.9 Å². The van der Waals surface area contributed by atoms with Crippen molar-refractivity contribution in [2.75, 3.05) is 12.8 Å². The first kappa shape index (κ1) is 23.1. The summed E-state index contributed by atoms with van der Waals surface area (Å²) < 4.78 is 35.0. The van der Waals surface area contributed by atoms with Crippen molar-refractivity contribution < 1.29 is 22.7 Å². The molecule has 33 heavy (non-hydrogen) atoms. The molecule has 1 aliphatic heterocycles. The van der Waals surface area contributed by atoms with Crippen molar-refractivity contribution in [2.45, 2.75) is 30.4 Å². The van der Waals surface area contributed by atoms with Gasteiger partial charge >= 0.3 is 0 Å². The van der Waals surface area contributed by atoms with Crippen LogP contribution < -0.4 is 14.8 Å². The molecule has 8 heteroatoms. The summed E-state index contributed by atoms with van der Waals surface area (Å²) in [5.74, 6) is 1.09. The quantitative estimate of drug-likeness (QED) is 0.539. The van der Waals surface area contributed by atoms with Gasteiger partial charge in [0.15, 0.2) is 15.9 Å². The van der Waals surface area contributed by atoms with Gasteiger partial charge in [-0.25, -0.2) is 8.42 Å². The van der Waals surface area contributed by atoms with Crippen molar-refractivity contribution in [3.8, 4) is 22.6 Å². The first-order chi connectivity index (χ1) is 15.7. The van der Waals surface area contributed by atoms with Gasteiger partial charge in [0, 0.05) is 17.7 Å². The summed E-state index contributed by atoms with van der Waals surface area (Å²) in [4.78, 5) is 12.7. The Kier molecular flexibility index (Phi) is 6.63. The molecule has 1 N–H and O–H groups in total. The average Bonchev–Trinajstić information content (AvgIpc) is 3.19. The standard InChI is InChI=1S/C25H24ClNO5S/c1-16(31-21-5-3-4-20(26)14-21)25(28)27-15-22-13-19-12-18(8-11-24(19)32-22)17-6-9-23(10-7-17)33(2,29)30/h3-12,14,16,22H,13,15H2,1-2H3,(H,27,28)/t16-,22-/m0/s1. The zero-order chi connectivity index (χ0) is 23.6. The Morgan fingerprint density at radius 1 is 1.12 bits per heavy atom. The van der Waals surface area contributed by atoms with Gasteiger partial charge in [-0.15, -0.1) is 0 Å². The lowest BCUT2D eigenvalue weighted by Crippen LogP contribution is -2.41. The maximum absolute atomic E-state index is 12.4. The zero-order valence-electron chi connectivity index (χ0n) is 18.2. The summed E-state index contributed by atoms with van der Waals surface area (Å²) >= 11 is 5.95. The van der Waals surface area contributed by atoms with Crippen LogP contribution in [0, 0.1) is 0 Å². The van der Waals surface area contributed by atoms with Gasteiger partial charge in [-0.3, -0.25) is 4.79 Å². The van der Waals surface area contributed by atoms with E-state index in [-0.39, 0.29) is 12.0 Å². The molecular weight excluding hydrogens is 462 g/mol. The molecular formula is C25H24ClNO5S. The Labute approximate surface area is 198 Å². The molecule has 4 rings (SSSR count). The second kappa shape index (κ2) is 9.45. The SMILES string of the molecule is C[C@H](Oc1cccc(Cl)c1)C(=O)NC[C@@H]1Cc2cc(-c3ccc(S(C)(=O)=O)cc3)ccc2O1. The number of benzene rings is 3. The molecule has 1 aliphatic rings. The normalized spacial score (nSPS) is 15.9. The lowest BCUT2D eigenvalue weighted by atomic mass is 10.0. The minimum Gasteiger partial charge on any atom is -0.488 e. The van der Waals surface area contributed by atoms with E-state index in [9.17, 15) is 13.2 Å². The van der Waals surface area contributed by atoms with Crippen molar-refractivity contribution >= 4 is 27.3 Å². The Balaban J connectivity index is 1.34. The van der Waals surface area contributed by atoms with E-state index in [1.165, 1.54) is 6.26 Å². The van der Waals surface area contributed by atoms with Crippen LogP contribution in [0.15, 0.2) is 71.6 Å². The van der Waals surface area contributed by atoms with E-state index in [1.807, 2.05) is 18.2 Å². The van der Waals surface area contributed by atoms with Crippen molar-refractivity contribution in [1.82, 2.24) is 5.32 Å².